The third-order valence-corrected chi connectivity index (χ3v) is 2.95. The van der Waals surface area contributed by atoms with Crippen LogP contribution in [0.3, 0.4) is 0 Å². The Balaban J connectivity index is 2.17. The molecule has 0 spiro atoms. The largest absolute Gasteiger partial charge is 0.243 e. The molecule has 0 aromatic heterocycles. The van der Waals surface area contributed by atoms with Crippen LogP contribution in [0.15, 0.2) is 48.1 Å². The van der Waals surface area contributed by atoms with E-state index in [1.54, 1.807) is 18.2 Å². The standard InChI is InChI=1S/C14H14F2/c1-10(11-2-6-13(15)7-3-11)12-4-8-14(16)9-5-12/h2-8,10,14H,9H2,1H3. The molecule has 1 aromatic carbocycles. The molecule has 84 valence electrons. The monoisotopic (exact) mass is 220 g/mol. The molecule has 0 radical (unpaired) electrons. The Kier molecular flexibility index (Phi) is 3.18. The normalized spacial score (nSPS) is 21.7. The van der Waals surface area contributed by atoms with E-state index in [0.29, 0.717) is 6.42 Å². The summed E-state index contributed by atoms with van der Waals surface area (Å²) in [6.45, 7) is 2.04. The molecule has 0 nitrogen and oxygen atoms in total. The minimum Gasteiger partial charge on any atom is -0.243 e. The first kappa shape index (κ1) is 11.1. The van der Waals surface area contributed by atoms with Gasteiger partial charge in [-0.2, -0.15) is 0 Å². The Bertz CT molecular complexity index is 415. The van der Waals surface area contributed by atoms with Gasteiger partial charge in [0.1, 0.15) is 12.0 Å². The van der Waals surface area contributed by atoms with Crippen molar-refractivity contribution in [2.75, 3.05) is 0 Å². The number of rotatable bonds is 2. The van der Waals surface area contributed by atoms with Gasteiger partial charge in [-0.15, -0.1) is 0 Å². The van der Waals surface area contributed by atoms with E-state index in [-0.39, 0.29) is 11.7 Å². The smallest absolute Gasteiger partial charge is 0.123 e. The van der Waals surface area contributed by atoms with Crippen LogP contribution in [-0.2, 0) is 0 Å². The topological polar surface area (TPSA) is 0 Å². The molecule has 1 aromatic rings. The first-order chi connectivity index (χ1) is 7.66. The van der Waals surface area contributed by atoms with Gasteiger partial charge in [0.25, 0.3) is 0 Å². The molecule has 2 rings (SSSR count). The van der Waals surface area contributed by atoms with E-state index in [2.05, 4.69) is 0 Å². The van der Waals surface area contributed by atoms with Crippen molar-refractivity contribution in [3.05, 3.63) is 59.4 Å². The van der Waals surface area contributed by atoms with Crippen LogP contribution in [0.2, 0.25) is 0 Å². The van der Waals surface area contributed by atoms with E-state index in [0.717, 1.165) is 11.1 Å². The highest BCUT2D eigenvalue weighted by atomic mass is 19.1. The zero-order valence-electron chi connectivity index (χ0n) is 9.16. The van der Waals surface area contributed by atoms with Crippen LogP contribution in [0.5, 0.6) is 0 Å². The number of benzene rings is 1. The fourth-order valence-corrected chi connectivity index (χ4v) is 1.88. The third kappa shape index (κ3) is 2.38. The average Bonchev–Trinajstić information content (AvgIpc) is 2.30. The SMILES string of the molecule is CC(C1=CCC(F)C=C1)c1ccc(F)cc1. The van der Waals surface area contributed by atoms with Crippen molar-refractivity contribution in [1.29, 1.82) is 0 Å². The molecule has 2 unspecified atom stereocenters. The lowest BCUT2D eigenvalue weighted by Gasteiger charge is -2.17. The second kappa shape index (κ2) is 4.60. The van der Waals surface area contributed by atoms with E-state index in [1.807, 2.05) is 19.1 Å². The van der Waals surface area contributed by atoms with Gasteiger partial charge in [0, 0.05) is 12.3 Å². The molecule has 0 N–H and O–H groups in total. The Morgan fingerprint density at radius 2 is 1.94 bits per heavy atom. The van der Waals surface area contributed by atoms with Crippen molar-refractivity contribution >= 4 is 0 Å². The molecule has 0 fully saturated rings. The van der Waals surface area contributed by atoms with E-state index in [4.69, 9.17) is 0 Å². The maximum absolute atomic E-state index is 12.9. The van der Waals surface area contributed by atoms with Crippen LogP contribution in [0.1, 0.15) is 24.8 Å². The molecule has 0 saturated heterocycles. The average molecular weight is 220 g/mol. The van der Waals surface area contributed by atoms with Gasteiger partial charge >= 0.3 is 0 Å². The summed E-state index contributed by atoms with van der Waals surface area (Å²) in [5, 5.41) is 0. The van der Waals surface area contributed by atoms with Gasteiger partial charge in [0.2, 0.25) is 0 Å². The van der Waals surface area contributed by atoms with Crippen LogP contribution in [0, 0.1) is 5.82 Å². The molecule has 1 aliphatic rings. The molecule has 2 atom stereocenters. The van der Waals surface area contributed by atoms with Gasteiger partial charge < -0.3 is 0 Å². The highest BCUT2D eigenvalue weighted by Gasteiger charge is 2.13. The molecule has 0 heterocycles. The highest BCUT2D eigenvalue weighted by Crippen LogP contribution is 2.28. The third-order valence-electron chi connectivity index (χ3n) is 2.95. The van der Waals surface area contributed by atoms with Gasteiger partial charge in [-0.25, -0.2) is 8.78 Å². The van der Waals surface area contributed by atoms with Gasteiger partial charge in [0.15, 0.2) is 0 Å². The Morgan fingerprint density at radius 1 is 1.25 bits per heavy atom. The van der Waals surface area contributed by atoms with E-state index < -0.39 is 6.17 Å². The summed E-state index contributed by atoms with van der Waals surface area (Å²) in [6, 6.07) is 6.46. The second-order valence-corrected chi connectivity index (χ2v) is 4.09. The maximum Gasteiger partial charge on any atom is 0.123 e. The fourth-order valence-electron chi connectivity index (χ4n) is 1.88. The lowest BCUT2D eigenvalue weighted by Crippen LogP contribution is -2.03. The molecule has 0 amide bonds. The predicted octanol–water partition coefficient (Wildman–Crippen LogP) is 4.15. The van der Waals surface area contributed by atoms with Crippen molar-refractivity contribution in [1.82, 2.24) is 0 Å². The minimum atomic E-state index is -0.857. The fraction of sp³-hybridized carbons (Fsp3) is 0.286. The number of hydrogen-bond donors (Lipinski definition) is 0. The quantitative estimate of drug-likeness (QED) is 0.702. The van der Waals surface area contributed by atoms with Crippen LogP contribution in [0.25, 0.3) is 0 Å². The van der Waals surface area contributed by atoms with Crippen LogP contribution in [0.4, 0.5) is 8.78 Å². The zero-order valence-corrected chi connectivity index (χ0v) is 9.16. The summed E-state index contributed by atoms with van der Waals surface area (Å²) < 4.78 is 25.7. The number of allylic oxidation sites excluding steroid dienone is 4. The lowest BCUT2D eigenvalue weighted by molar-refractivity contribution is 0.400. The molecule has 1 aliphatic carbocycles. The number of hydrogen-bond acceptors (Lipinski definition) is 0. The van der Waals surface area contributed by atoms with Gasteiger partial charge in [-0.3, -0.25) is 0 Å². The van der Waals surface area contributed by atoms with Crippen molar-refractivity contribution in [2.24, 2.45) is 0 Å². The zero-order chi connectivity index (χ0) is 11.5. The first-order valence-electron chi connectivity index (χ1n) is 5.44. The Morgan fingerprint density at radius 3 is 2.50 bits per heavy atom. The molecular weight excluding hydrogens is 206 g/mol. The van der Waals surface area contributed by atoms with Crippen molar-refractivity contribution < 1.29 is 8.78 Å². The summed E-state index contributed by atoms with van der Waals surface area (Å²) in [7, 11) is 0. The van der Waals surface area contributed by atoms with E-state index >= 15 is 0 Å². The van der Waals surface area contributed by atoms with Crippen LogP contribution in [-0.4, -0.2) is 6.17 Å². The number of alkyl halides is 1. The number of halogens is 2. The Labute approximate surface area is 94.3 Å². The summed E-state index contributed by atoms with van der Waals surface area (Å²) in [6.07, 6.45) is 4.90. The molecule has 2 heteroatoms. The summed E-state index contributed by atoms with van der Waals surface area (Å²) in [5.74, 6) is -0.0442. The van der Waals surface area contributed by atoms with Crippen LogP contribution >= 0.6 is 0 Å². The van der Waals surface area contributed by atoms with Gasteiger partial charge in [-0.05, 0) is 23.3 Å². The molecule has 16 heavy (non-hydrogen) atoms. The molecular formula is C14H14F2. The first-order valence-corrected chi connectivity index (χ1v) is 5.44. The van der Waals surface area contributed by atoms with Crippen molar-refractivity contribution in [3.8, 4) is 0 Å². The van der Waals surface area contributed by atoms with Gasteiger partial charge in [-0.1, -0.05) is 37.3 Å². The molecule has 0 saturated carbocycles. The summed E-state index contributed by atoms with van der Waals surface area (Å²) >= 11 is 0. The minimum absolute atomic E-state index is 0.185. The Hall–Kier alpha value is -1.44. The summed E-state index contributed by atoms with van der Waals surface area (Å²) in [4.78, 5) is 0. The van der Waals surface area contributed by atoms with Crippen LogP contribution < -0.4 is 0 Å². The van der Waals surface area contributed by atoms with Gasteiger partial charge in [0.05, 0.1) is 0 Å². The molecule has 0 aliphatic heterocycles. The summed E-state index contributed by atoms with van der Waals surface area (Å²) in [5.41, 5.74) is 2.15. The predicted molar refractivity (Wildman–Crippen MR) is 61.6 cm³/mol. The lowest BCUT2D eigenvalue weighted by atomic mass is 9.89. The second-order valence-electron chi connectivity index (χ2n) is 4.09. The maximum atomic E-state index is 12.9. The molecule has 0 bridgehead atoms. The highest BCUT2D eigenvalue weighted by molar-refractivity contribution is 5.36. The van der Waals surface area contributed by atoms with E-state index in [9.17, 15) is 8.78 Å². The van der Waals surface area contributed by atoms with Crippen molar-refractivity contribution in [3.63, 3.8) is 0 Å². The van der Waals surface area contributed by atoms with Crippen molar-refractivity contribution in [2.45, 2.75) is 25.4 Å². The van der Waals surface area contributed by atoms with E-state index in [1.165, 1.54) is 12.1 Å².